The summed E-state index contributed by atoms with van der Waals surface area (Å²) in [4.78, 5) is 29.2. The maximum absolute atomic E-state index is 13.0. The lowest BCUT2D eigenvalue weighted by Crippen LogP contribution is -2.34. The first-order chi connectivity index (χ1) is 14.7. The third-order valence-corrected chi connectivity index (χ3v) is 5.95. The summed E-state index contributed by atoms with van der Waals surface area (Å²) in [5.41, 5.74) is 1.44. The van der Waals surface area contributed by atoms with E-state index in [9.17, 15) is 18.0 Å². The first kappa shape index (κ1) is 22.3. The van der Waals surface area contributed by atoms with Gasteiger partial charge in [-0.25, -0.2) is 13.2 Å². The van der Waals surface area contributed by atoms with Crippen LogP contribution in [0.4, 0.5) is 16.2 Å². The fraction of sp³-hybridized carbons (Fsp3) is 0.286. The molecule has 0 bridgehead atoms. The summed E-state index contributed by atoms with van der Waals surface area (Å²) >= 11 is 0. The first-order valence-corrected chi connectivity index (χ1v) is 11.4. The third kappa shape index (κ3) is 5.21. The van der Waals surface area contributed by atoms with Crippen LogP contribution in [0, 0.1) is 5.92 Å². The molecule has 0 aromatic heterocycles. The summed E-state index contributed by atoms with van der Waals surface area (Å²) in [5, 5.41) is 8.11. The molecular weight excluding hydrogens is 418 g/mol. The monoisotopic (exact) mass is 443 g/mol. The summed E-state index contributed by atoms with van der Waals surface area (Å²) in [6, 6.07) is 12.1. The SMILES string of the molecule is CCNC(=O)Nc1cccc(NC(=O)[C@@H](N=C2NS(=O)(=O)c3ccccc32)C(C)C)c1. The number of anilines is 2. The lowest BCUT2D eigenvalue weighted by atomic mass is 10.0. The van der Waals surface area contributed by atoms with E-state index in [0.717, 1.165) is 0 Å². The Morgan fingerprint density at radius 3 is 2.39 bits per heavy atom. The lowest BCUT2D eigenvalue weighted by Gasteiger charge is -2.18. The van der Waals surface area contributed by atoms with E-state index in [1.807, 2.05) is 20.8 Å². The zero-order valence-corrected chi connectivity index (χ0v) is 18.3. The van der Waals surface area contributed by atoms with Crippen molar-refractivity contribution in [3.63, 3.8) is 0 Å². The molecule has 0 fully saturated rings. The highest BCUT2D eigenvalue weighted by Gasteiger charge is 2.32. The minimum atomic E-state index is -3.69. The van der Waals surface area contributed by atoms with Gasteiger partial charge in [0.25, 0.3) is 10.0 Å². The Morgan fingerprint density at radius 2 is 1.71 bits per heavy atom. The fourth-order valence-corrected chi connectivity index (χ4v) is 4.35. The Morgan fingerprint density at radius 1 is 1.03 bits per heavy atom. The molecule has 9 nitrogen and oxygen atoms in total. The predicted molar refractivity (Wildman–Crippen MR) is 120 cm³/mol. The van der Waals surface area contributed by atoms with Crippen molar-refractivity contribution in [3.05, 3.63) is 54.1 Å². The highest BCUT2D eigenvalue weighted by atomic mass is 32.2. The highest BCUT2D eigenvalue weighted by Crippen LogP contribution is 2.24. The summed E-state index contributed by atoms with van der Waals surface area (Å²) < 4.78 is 27.1. The lowest BCUT2D eigenvalue weighted by molar-refractivity contribution is -0.118. The number of nitrogens with one attached hydrogen (secondary N) is 4. The van der Waals surface area contributed by atoms with Crippen molar-refractivity contribution in [3.8, 4) is 0 Å². The molecule has 3 rings (SSSR count). The van der Waals surface area contributed by atoms with Gasteiger partial charge in [-0.2, -0.15) is 0 Å². The van der Waals surface area contributed by atoms with Gasteiger partial charge in [0.05, 0.1) is 4.90 Å². The van der Waals surface area contributed by atoms with Crippen molar-refractivity contribution in [2.45, 2.75) is 31.7 Å². The minimum Gasteiger partial charge on any atom is -0.338 e. The van der Waals surface area contributed by atoms with Crippen LogP contribution in [0.2, 0.25) is 0 Å². The van der Waals surface area contributed by atoms with Gasteiger partial charge >= 0.3 is 6.03 Å². The molecule has 1 atom stereocenters. The zero-order chi connectivity index (χ0) is 22.6. The van der Waals surface area contributed by atoms with Crippen LogP contribution in [0.3, 0.4) is 0 Å². The summed E-state index contributed by atoms with van der Waals surface area (Å²) in [6.45, 7) is 5.96. The second-order valence-electron chi connectivity index (χ2n) is 7.32. The van der Waals surface area contributed by atoms with Gasteiger partial charge in [-0.15, -0.1) is 0 Å². The number of amidine groups is 1. The number of hydrogen-bond donors (Lipinski definition) is 4. The van der Waals surface area contributed by atoms with Gasteiger partial charge < -0.3 is 16.0 Å². The van der Waals surface area contributed by atoms with Crippen LogP contribution in [0.1, 0.15) is 26.3 Å². The molecule has 0 saturated heterocycles. The number of aliphatic imine (C=N–C) groups is 1. The molecule has 3 amide bonds. The average Bonchev–Trinajstić information content (AvgIpc) is 2.96. The summed E-state index contributed by atoms with van der Waals surface area (Å²) in [7, 11) is -3.69. The van der Waals surface area contributed by atoms with E-state index in [-0.39, 0.29) is 28.6 Å². The van der Waals surface area contributed by atoms with Crippen LogP contribution in [0.15, 0.2) is 58.4 Å². The van der Waals surface area contributed by atoms with Gasteiger partial charge in [-0.1, -0.05) is 32.0 Å². The summed E-state index contributed by atoms with van der Waals surface area (Å²) in [6.07, 6.45) is 0. The Balaban J connectivity index is 1.82. The van der Waals surface area contributed by atoms with Gasteiger partial charge in [0.2, 0.25) is 5.91 Å². The number of fused-ring (bicyclic) bond motifs is 1. The van der Waals surface area contributed by atoms with Crippen molar-refractivity contribution in [1.29, 1.82) is 0 Å². The van der Waals surface area contributed by atoms with Crippen LogP contribution in [-0.2, 0) is 14.8 Å². The Bertz CT molecular complexity index is 1130. The van der Waals surface area contributed by atoms with Crippen molar-refractivity contribution in [1.82, 2.24) is 10.0 Å². The fourth-order valence-electron chi connectivity index (χ4n) is 3.11. The minimum absolute atomic E-state index is 0.140. The van der Waals surface area contributed by atoms with Gasteiger partial charge in [-0.3, -0.25) is 14.5 Å². The van der Waals surface area contributed by atoms with Crippen LogP contribution in [0.5, 0.6) is 0 Å². The van der Waals surface area contributed by atoms with E-state index in [1.54, 1.807) is 42.5 Å². The van der Waals surface area contributed by atoms with E-state index < -0.39 is 16.1 Å². The maximum Gasteiger partial charge on any atom is 0.319 e. The van der Waals surface area contributed by atoms with Crippen LogP contribution >= 0.6 is 0 Å². The van der Waals surface area contributed by atoms with Crippen molar-refractivity contribution >= 4 is 39.2 Å². The van der Waals surface area contributed by atoms with Gasteiger partial charge in [0, 0.05) is 23.5 Å². The van der Waals surface area contributed by atoms with Crippen LogP contribution < -0.4 is 20.7 Å². The smallest absolute Gasteiger partial charge is 0.319 e. The third-order valence-electron chi connectivity index (χ3n) is 4.56. The molecule has 0 aliphatic carbocycles. The number of benzene rings is 2. The molecule has 10 heteroatoms. The van der Waals surface area contributed by atoms with E-state index in [0.29, 0.717) is 23.5 Å². The van der Waals surface area contributed by atoms with E-state index in [1.165, 1.54) is 6.07 Å². The average molecular weight is 444 g/mol. The van der Waals surface area contributed by atoms with Crippen LogP contribution in [0.25, 0.3) is 0 Å². The molecule has 0 unspecified atom stereocenters. The Kier molecular flexibility index (Phi) is 6.59. The van der Waals surface area contributed by atoms with Gasteiger partial charge in [-0.05, 0) is 43.2 Å². The first-order valence-electron chi connectivity index (χ1n) is 9.87. The molecule has 0 saturated carbocycles. The molecule has 1 aliphatic rings. The number of nitrogens with zero attached hydrogens (tertiary/aromatic N) is 1. The molecule has 164 valence electrons. The van der Waals surface area contributed by atoms with E-state index in [4.69, 9.17) is 0 Å². The molecule has 0 radical (unpaired) electrons. The number of carbonyl (C=O) groups excluding carboxylic acids is 2. The Labute approximate surface area is 181 Å². The Hall–Kier alpha value is -3.40. The second kappa shape index (κ2) is 9.17. The maximum atomic E-state index is 13.0. The van der Waals surface area contributed by atoms with Crippen molar-refractivity contribution in [2.75, 3.05) is 17.2 Å². The van der Waals surface area contributed by atoms with E-state index in [2.05, 4.69) is 25.7 Å². The van der Waals surface area contributed by atoms with Crippen molar-refractivity contribution in [2.24, 2.45) is 10.9 Å². The van der Waals surface area contributed by atoms with Gasteiger partial charge in [0.15, 0.2) is 0 Å². The molecule has 1 heterocycles. The largest absolute Gasteiger partial charge is 0.338 e. The zero-order valence-electron chi connectivity index (χ0n) is 17.5. The highest BCUT2D eigenvalue weighted by molar-refractivity contribution is 7.90. The second-order valence-corrected chi connectivity index (χ2v) is 8.97. The molecule has 2 aromatic rings. The molecule has 31 heavy (non-hydrogen) atoms. The number of carbonyl (C=O) groups is 2. The topological polar surface area (TPSA) is 129 Å². The molecule has 1 aliphatic heterocycles. The van der Waals surface area contributed by atoms with E-state index >= 15 is 0 Å². The summed E-state index contributed by atoms with van der Waals surface area (Å²) in [5.74, 6) is -0.432. The predicted octanol–water partition coefficient (Wildman–Crippen LogP) is 2.53. The standard InChI is InChI=1S/C21H25N5O4S/c1-4-22-21(28)24-15-9-7-8-14(12-15)23-20(27)18(13(2)3)25-19-16-10-5-6-11-17(16)31(29,30)26-19/h5-13,18H,4H2,1-3H3,(H,23,27)(H,25,26)(H2,22,24,28)/t18-/m0/s1. The molecule has 4 N–H and O–H groups in total. The molecular formula is C21H25N5O4S. The quantitative estimate of drug-likeness (QED) is 0.547. The molecule has 2 aromatic carbocycles. The van der Waals surface area contributed by atoms with Crippen LogP contribution in [-0.4, -0.2) is 38.8 Å². The number of amides is 3. The van der Waals surface area contributed by atoms with Gasteiger partial charge in [0.1, 0.15) is 11.9 Å². The number of urea groups is 1. The number of rotatable bonds is 6. The normalized spacial score (nSPS) is 16.3. The van der Waals surface area contributed by atoms with Crippen molar-refractivity contribution < 1.29 is 18.0 Å². The number of hydrogen-bond acceptors (Lipinski definition) is 5. The molecule has 0 spiro atoms. The number of sulfonamides is 1.